The fourth-order valence-electron chi connectivity index (χ4n) is 3.71. The smallest absolute Gasteiger partial charge is 0.462 e. The number of nitrogens with two attached hydrogens (primary N) is 1. The Labute approximate surface area is 168 Å². The molecule has 3 unspecified atom stereocenters. The van der Waals surface area contributed by atoms with Crippen molar-refractivity contribution < 1.29 is 23.4 Å². The van der Waals surface area contributed by atoms with Gasteiger partial charge in [-0.3, -0.25) is 9.36 Å². The third kappa shape index (κ3) is 3.71. The molecule has 1 aliphatic heterocycles. The lowest BCUT2D eigenvalue weighted by Crippen LogP contribution is -2.33. The molecule has 2 aliphatic rings. The zero-order chi connectivity index (χ0) is 20.9. The Morgan fingerprint density at radius 1 is 1.34 bits per heavy atom. The van der Waals surface area contributed by atoms with E-state index in [0.717, 1.165) is 0 Å². The normalized spacial score (nSPS) is 29.7. The number of rotatable bonds is 7. The molecule has 29 heavy (non-hydrogen) atoms. The number of esters is 1. The number of carbonyl (C=O) groups is 1. The van der Waals surface area contributed by atoms with Gasteiger partial charge < -0.3 is 15.2 Å². The summed E-state index contributed by atoms with van der Waals surface area (Å²) in [6.45, 7) is 7.14. The van der Waals surface area contributed by atoms with E-state index < -0.39 is 20.2 Å². The molecule has 2 aromatic heterocycles. The van der Waals surface area contributed by atoms with Gasteiger partial charge in [0.15, 0.2) is 11.5 Å². The first kappa shape index (κ1) is 20.1. The van der Waals surface area contributed by atoms with Crippen molar-refractivity contribution in [1.29, 1.82) is 0 Å². The van der Waals surface area contributed by atoms with Gasteiger partial charge in [-0.05, 0) is 25.3 Å². The highest BCUT2D eigenvalue weighted by Gasteiger charge is 2.67. The Morgan fingerprint density at radius 2 is 2.10 bits per heavy atom. The molecule has 0 spiro atoms. The topological polar surface area (TPSA) is 143 Å². The summed E-state index contributed by atoms with van der Waals surface area (Å²) in [7, 11) is -2.23. The summed E-state index contributed by atoms with van der Waals surface area (Å²) in [5.74, 6) is 0.0282. The highest BCUT2D eigenvalue weighted by Crippen LogP contribution is 2.57. The number of ether oxygens (including phenoxy) is 2. The molecule has 1 saturated heterocycles. The molecule has 3 N–H and O–H groups in total. The lowest BCUT2D eigenvalue weighted by Gasteiger charge is -2.21. The van der Waals surface area contributed by atoms with Crippen LogP contribution in [0.4, 0.5) is 5.82 Å². The first-order chi connectivity index (χ1) is 13.8. The molecule has 11 nitrogen and oxygen atoms in total. The molecule has 2 aromatic rings. The van der Waals surface area contributed by atoms with E-state index in [-0.39, 0.29) is 36.4 Å². The van der Waals surface area contributed by atoms with E-state index in [1.54, 1.807) is 27.1 Å². The predicted molar refractivity (Wildman–Crippen MR) is 103 cm³/mol. The van der Waals surface area contributed by atoms with Crippen LogP contribution < -0.4 is 10.8 Å². The lowest BCUT2D eigenvalue weighted by molar-refractivity contribution is -0.149. The highest BCUT2D eigenvalue weighted by atomic mass is 31.1. The molecule has 1 saturated carbocycles. The fourth-order valence-corrected chi connectivity index (χ4v) is 4.67. The van der Waals surface area contributed by atoms with Crippen molar-refractivity contribution in [3.05, 3.63) is 12.7 Å². The van der Waals surface area contributed by atoms with E-state index in [4.69, 9.17) is 19.7 Å². The Bertz CT molecular complexity index is 952. The zero-order valence-electron chi connectivity index (χ0n) is 16.6. The highest BCUT2D eigenvalue weighted by molar-refractivity contribution is 7.36. The summed E-state index contributed by atoms with van der Waals surface area (Å²) < 4.78 is 30.9. The molecule has 2 fully saturated rings. The first-order valence-corrected chi connectivity index (χ1v) is 10.6. The molecular formula is C17H24N6O5P+. The molecule has 3 heterocycles. The maximum absolute atomic E-state index is 12.3. The molecule has 12 heteroatoms. The van der Waals surface area contributed by atoms with E-state index in [9.17, 15) is 9.36 Å². The monoisotopic (exact) mass is 423 g/mol. The molecule has 1 aliphatic carbocycles. The Balaban J connectivity index is 1.35. The van der Waals surface area contributed by atoms with E-state index in [1.807, 2.05) is 11.5 Å². The van der Waals surface area contributed by atoms with Crippen LogP contribution in [0.1, 0.15) is 33.9 Å². The number of imidazole rings is 1. The third-order valence-corrected chi connectivity index (χ3v) is 6.21. The molecule has 0 amide bonds. The van der Waals surface area contributed by atoms with Crippen LogP contribution in [0, 0.1) is 11.8 Å². The fraction of sp³-hybridized carbons (Fsp3) is 0.647. The maximum atomic E-state index is 12.3. The van der Waals surface area contributed by atoms with E-state index in [1.165, 1.54) is 6.33 Å². The van der Waals surface area contributed by atoms with Crippen molar-refractivity contribution in [2.45, 2.75) is 58.3 Å². The number of anilines is 1. The van der Waals surface area contributed by atoms with Crippen LogP contribution in [0.3, 0.4) is 0 Å². The standard InChI is InChI=1S/C17H24N6O5P/c1-7(2)26-17(24)9(4)22-29(25)28-13-10-8(3)16(27-12(10)13)23-6-21-11-14(18)19-5-20-15(11)23/h5-10,12-13,16H,1-4H3,(H,22,25)(H2,18,19,20)/q+1/t8-,9-,10?,12-,13?,16+/m0/s1. The van der Waals surface area contributed by atoms with Gasteiger partial charge in [-0.15, -0.1) is 4.52 Å². The van der Waals surface area contributed by atoms with Crippen LogP contribution in [0.15, 0.2) is 12.7 Å². The van der Waals surface area contributed by atoms with Gasteiger partial charge in [-0.2, -0.15) is 0 Å². The summed E-state index contributed by atoms with van der Waals surface area (Å²) in [5, 5.41) is 2.64. The van der Waals surface area contributed by atoms with Crippen LogP contribution in [0.2, 0.25) is 0 Å². The van der Waals surface area contributed by atoms with Gasteiger partial charge in [0.05, 0.1) is 18.5 Å². The van der Waals surface area contributed by atoms with Gasteiger partial charge in [-0.25, -0.2) is 15.0 Å². The summed E-state index contributed by atoms with van der Waals surface area (Å²) in [6.07, 6.45) is 2.06. The average molecular weight is 423 g/mol. The van der Waals surface area contributed by atoms with Gasteiger partial charge >= 0.3 is 14.1 Å². The SMILES string of the molecule is CC(C)OC(=O)[C@H](C)N[P+](=O)OC1C2[C@@H]1O[C@@H](n1cnc3c(N)ncnc31)[C@H]2C. The Morgan fingerprint density at radius 3 is 2.76 bits per heavy atom. The molecular weight excluding hydrogens is 399 g/mol. The molecule has 0 bridgehead atoms. The van der Waals surface area contributed by atoms with Crippen LogP contribution in [-0.4, -0.2) is 49.8 Å². The van der Waals surface area contributed by atoms with Crippen molar-refractivity contribution in [2.24, 2.45) is 11.8 Å². The van der Waals surface area contributed by atoms with Gasteiger partial charge in [-0.1, -0.05) is 12.0 Å². The number of fused-ring (bicyclic) bond motifs is 2. The number of aromatic nitrogens is 4. The second kappa shape index (κ2) is 7.56. The number of hydrogen-bond donors (Lipinski definition) is 2. The Hall–Kier alpha value is -2.20. The molecule has 156 valence electrons. The summed E-state index contributed by atoms with van der Waals surface area (Å²) >= 11 is 0. The number of nitrogens with one attached hydrogen (secondary N) is 1. The number of nitrogen functional groups attached to an aromatic ring is 1. The minimum atomic E-state index is -2.23. The van der Waals surface area contributed by atoms with Crippen molar-refractivity contribution >= 4 is 31.1 Å². The number of hydrogen-bond acceptors (Lipinski definition) is 9. The van der Waals surface area contributed by atoms with Crippen LogP contribution in [-0.2, 0) is 23.4 Å². The summed E-state index contributed by atoms with van der Waals surface area (Å²) in [5.41, 5.74) is 6.99. The van der Waals surface area contributed by atoms with Gasteiger partial charge in [0.1, 0.15) is 30.2 Å². The largest absolute Gasteiger partial charge is 0.614 e. The molecule has 4 rings (SSSR count). The Kier molecular flexibility index (Phi) is 5.24. The molecule has 0 radical (unpaired) electrons. The second-order valence-electron chi connectivity index (χ2n) is 7.67. The van der Waals surface area contributed by atoms with Crippen LogP contribution in [0.5, 0.6) is 0 Å². The van der Waals surface area contributed by atoms with E-state index in [2.05, 4.69) is 20.0 Å². The van der Waals surface area contributed by atoms with Gasteiger partial charge in [0.25, 0.3) is 0 Å². The van der Waals surface area contributed by atoms with Crippen molar-refractivity contribution in [1.82, 2.24) is 24.6 Å². The second-order valence-corrected chi connectivity index (χ2v) is 8.66. The minimum absolute atomic E-state index is 0.0883. The van der Waals surface area contributed by atoms with Gasteiger partial charge in [0, 0.05) is 11.8 Å². The van der Waals surface area contributed by atoms with Crippen molar-refractivity contribution in [2.75, 3.05) is 5.73 Å². The van der Waals surface area contributed by atoms with E-state index >= 15 is 0 Å². The first-order valence-electron chi connectivity index (χ1n) is 9.47. The zero-order valence-corrected chi connectivity index (χ0v) is 17.4. The van der Waals surface area contributed by atoms with Crippen LogP contribution in [0.25, 0.3) is 11.2 Å². The molecule has 7 atom stereocenters. The molecule has 0 aromatic carbocycles. The third-order valence-electron chi connectivity index (χ3n) is 5.18. The van der Waals surface area contributed by atoms with Crippen molar-refractivity contribution in [3.63, 3.8) is 0 Å². The van der Waals surface area contributed by atoms with Crippen LogP contribution >= 0.6 is 8.18 Å². The summed E-state index contributed by atoms with van der Waals surface area (Å²) in [4.78, 5) is 24.3. The minimum Gasteiger partial charge on any atom is -0.462 e. The average Bonchev–Trinajstić information content (AvgIpc) is 2.98. The number of carbonyl (C=O) groups excluding carboxylic acids is 1. The number of nitrogens with zero attached hydrogens (tertiary/aromatic N) is 4. The van der Waals surface area contributed by atoms with Gasteiger partial charge in [0.2, 0.25) is 0 Å². The quantitative estimate of drug-likeness (QED) is 0.497. The lowest BCUT2D eigenvalue weighted by atomic mass is 10.1. The maximum Gasteiger partial charge on any atom is 0.614 e. The van der Waals surface area contributed by atoms with Crippen molar-refractivity contribution in [3.8, 4) is 0 Å². The summed E-state index contributed by atoms with van der Waals surface area (Å²) in [6, 6.07) is -0.729. The van der Waals surface area contributed by atoms with E-state index in [0.29, 0.717) is 17.0 Å². The predicted octanol–water partition coefficient (Wildman–Crippen LogP) is 1.54.